The van der Waals surface area contributed by atoms with Crippen molar-refractivity contribution in [2.24, 2.45) is 0 Å². The highest BCUT2D eigenvalue weighted by Crippen LogP contribution is 2.19. The summed E-state index contributed by atoms with van der Waals surface area (Å²) in [5.41, 5.74) is 1.77. The quantitative estimate of drug-likeness (QED) is 0.754. The maximum absolute atomic E-state index is 12.1. The van der Waals surface area contributed by atoms with Crippen LogP contribution in [-0.2, 0) is 9.59 Å². The van der Waals surface area contributed by atoms with Crippen molar-refractivity contribution in [3.63, 3.8) is 0 Å². The molecule has 1 aromatic heterocycles. The minimum Gasteiger partial charge on any atom is -0.463 e. The second-order valence-electron chi connectivity index (χ2n) is 6.54. The summed E-state index contributed by atoms with van der Waals surface area (Å²) in [7, 11) is 0. The van der Waals surface area contributed by atoms with Gasteiger partial charge in [-0.25, -0.2) is 4.68 Å². The van der Waals surface area contributed by atoms with Crippen molar-refractivity contribution in [1.82, 2.24) is 20.4 Å². The van der Waals surface area contributed by atoms with Gasteiger partial charge in [0.15, 0.2) is 6.10 Å². The van der Waals surface area contributed by atoms with E-state index in [1.54, 1.807) is 11.6 Å². The molecule has 0 radical (unpaired) electrons. The van der Waals surface area contributed by atoms with E-state index < -0.39 is 6.10 Å². The van der Waals surface area contributed by atoms with Crippen molar-refractivity contribution in [1.29, 1.82) is 0 Å². The fourth-order valence-electron chi connectivity index (χ4n) is 2.47. The summed E-state index contributed by atoms with van der Waals surface area (Å²) in [4.78, 5) is 23.8. The maximum Gasteiger partial charge on any atom is 0.260 e. The lowest BCUT2D eigenvalue weighted by atomic mass is 10.3. The van der Waals surface area contributed by atoms with Crippen molar-refractivity contribution in [2.75, 3.05) is 6.54 Å². The first-order chi connectivity index (χ1) is 12.5. The molecule has 1 heterocycles. The van der Waals surface area contributed by atoms with Crippen molar-refractivity contribution in [2.45, 2.75) is 45.3 Å². The number of amides is 2. The summed E-state index contributed by atoms with van der Waals surface area (Å²) in [6.07, 6.45) is 3.55. The average molecular weight is 356 g/mol. The normalized spacial score (nSPS) is 14.5. The Bertz CT molecular complexity index is 768. The van der Waals surface area contributed by atoms with Crippen LogP contribution in [-0.4, -0.2) is 40.3 Å². The molecule has 7 nitrogen and oxygen atoms in total. The molecule has 0 saturated heterocycles. The highest BCUT2D eigenvalue weighted by molar-refractivity contribution is 5.82. The fourth-order valence-corrected chi connectivity index (χ4v) is 2.47. The van der Waals surface area contributed by atoms with Gasteiger partial charge < -0.3 is 15.4 Å². The van der Waals surface area contributed by atoms with Crippen LogP contribution in [0.25, 0.3) is 5.69 Å². The topological polar surface area (TPSA) is 85.2 Å². The molecule has 26 heavy (non-hydrogen) atoms. The van der Waals surface area contributed by atoms with Crippen LogP contribution in [0, 0.1) is 6.92 Å². The average Bonchev–Trinajstić information content (AvgIpc) is 3.37. The Morgan fingerprint density at radius 1 is 1.31 bits per heavy atom. The Morgan fingerprint density at radius 2 is 2.04 bits per heavy atom. The number of benzene rings is 1. The molecular formula is C19H24N4O3. The Balaban J connectivity index is 1.49. The first-order valence-corrected chi connectivity index (χ1v) is 8.88. The van der Waals surface area contributed by atoms with Crippen molar-refractivity contribution in [3.8, 4) is 11.6 Å². The number of hydrogen-bond donors (Lipinski definition) is 2. The third-order valence-electron chi connectivity index (χ3n) is 4.12. The predicted octanol–water partition coefficient (Wildman–Crippen LogP) is 1.73. The molecule has 0 spiro atoms. The summed E-state index contributed by atoms with van der Waals surface area (Å²) in [6.45, 7) is 3.84. The smallest absolute Gasteiger partial charge is 0.260 e. The van der Waals surface area contributed by atoms with Crippen LogP contribution in [0.1, 0.15) is 31.7 Å². The van der Waals surface area contributed by atoms with E-state index in [0.717, 1.165) is 24.1 Å². The summed E-state index contributed by atoms with van der Waals surface area (Å²) in [5.74, 6) is 0.125. The zero-order valence-corrected chi connectivity index (χ0v) is 15.1. The molecule has 1 aliphatic rings. The van der Waals surface area contributed by atoms with E-state index in [-0.39, 0.29) is 18.2 Å². The number of carbonyl (C=O) groups excluding carboxylic acids is 2. The van der Waals surface area contributed by atoms with Crippen LogP contribution in [0.2, 0.25) is 0 Å². The van der Waals surface area contributed by atoms with E-state index in [1.165, 1.54) is 0 Å². The molecule has 2 aromatic rings. The van der Waals surface area contributed by atoms with Gasteiger partial charge in [-0.3, -0.25) is 9.59 Å². The number of para-hydroxylation sites is 1. The van der Waals surface area contributed by atoms with Gasteiger partial charge in [-0.1, -0.05) is 18.2 Å². The van der Waals surface area contributed by atoms with Gasteiger partial charge in [0.05, 0.1) is 5.69 Å². The molecule has 0 bridgehead atoms. The lowest BCUT2D eigenvalue weighted by Gasteiger charge is -2.13. The number of nitrogens with zero attached hydrogens (tertiary/aromatic N) is 2. The molecule has 1 aromatic carbocycles. The molecule has 2 N–H and O–H groups in total. The largest absolute Gasteiger partial charge is 0.463 e. The molecule has 1 saturated carbocycles. The first kappa shape index (κ1) is 18.0. The molecule has 2 amide bonds. The molecule has 0 unspecified atom stereocenters. The third-order valence-corrected chi connectivity index (χ3v) is 4.12. The van der Waals surface area contributed by atoms with Crippen LogP contribution in [0.3, 0.4) is 0 Å². The second kappa shape index (κ2) is 8.03. The number of aryl methyl sites for hydroxylation is 1. The van der Waals surface area contributed by atoms with E-state index in [1.807, 2.05) is 43.5 Å². The molecule has 1 atom stereocenters. The van der Waals surface area contributed by atoms with E-state index in [9.17, 15) is 9.59 Å². The van der Waals surface area contributed by atoms with Crippen LogP contribution in [0.5, 0.6) is 5.88 Å². The number of nitrogens with one attached hydrogen (secondary N) is 2. The molecule has 0 aliphatic heterocycles. The van der Waals surface area contributed by atoms with Gasteiger partial charge in [-0.2, -0.15) is 0 Å². The van der Waals surface area contributed by atoms with Crippen LogP contribution in [0.4, 0.5) is 0 Å². The number of ether oxygens (including phenoxy) is 1. The van der Waals surface area contributed by atoms with Crippen LogP contribution in [0.15, 0.2) is 36.5 Å². The minimum absolute atomic E-state index is 0.0289. The van der Waals surface area contributed by atoms with Gasteiger partial charge in [-0.15, -0.1) is 5.10 Å². The third kappa shape index (κ3) is 4.84. The summed E-state index contributed by atoms with van der Waals surface area (Å²) >= 11 is 0. The zero-order valence-electron chi connectivity index (χ0n) is 15.1. The van der Waals surface area contributed by atoms with Gasteiger partial charge in [0.25, 0.3) is 5.91 Å². The second-order valence-corrected chi connectivity index (χ2v) is 6.54. The van der Waals surface area contributed by atoms with E-state index in [0.29, 0.717) is 18.5 Å². The Hall–Kier alpha value is -2.83. The zero-order chi connectivity index (χ0) is 18.5. The lowest BCUT2D eigenvalue weighted by molar-refractivity contribution is -0.127. The number of rotatable bonds is 8. The molecule has 1 aliphatic carbocycles. The maximum atomic E-state index is 12.1. The van der Waals surface area contributed by atoms with Crippen molar-refractivity contribution >= 4 is 11.8 Å². The van der Waals surface area contributed by atoms with Gasteiger partial charge in [0.1, 0.15) is 0 Å². The molecule has 7 heteroatoms. The SMILES string of the molecule is Cc1cn(-c2ccccc2)nc1O[C@H](C)C(=O)NCCC(=O)NC1CC1. The number of hydrogen-bond acceptors (Lipinski definition) is 4. The monoisotopic (exact) mass is 356 g/mol. The van der Waals surface area contributed by atoms with Crippen molar-refractivity contribution < 1.29 is 14.3 Å². The highest BCUT2D eigenvalue weighted by atomic mass is 16.5. The van der Waals surface area contributed by atoms with E-state index in [4.69, 9.17) is 4.74 Å². The van der Waals surface area contributed by atoms with E-state index in [2.05, 4.69) is 15.7 Å². The number of carbonyl (C=O) groups is 2. The van der Waals surface area contributed by atoms with Gasteiger partial charge >= 0.3 is 0 Å². The fraction of sp³-hybridized carbons (Fsp3) is 0.421. The molecule has 1 fully saturated rings. The summed E-state index contributed by atoms with van der Waals surface area (Å²) < 4.78 is 7.42. The van der Waals surface area contributed by atoms with Crippen molar-refractivity contribution in [3.05, 3.63) is 42.1 Å². The Morgan fingerprint density at radius 3 is 2.73 bits per heavy atom. The van der Waals surface area contributed by atoms with Crippen LogP contribution >= 0.6 is 0 Å². The van der Waals surface area contributed by atoms with Crippen LogP contribution < -0.4 is 15.4 Å². The van der Waals surface area contributed by atoms with E-state index >= 15 is 0 Å². The molecular weight excluding hydrogens is 332 g/mol. The van der Waals surface area contributed by atoms with Gasteiger partial charge in [0, 0.05) is 30.8 Å². The number of aromatic nitrogens is 2. The predicted molar refractivity (Wildman–Crippen MR) is 97.2 cm³/mol. The summed E-state index contributed by atoms with van der Waals surface area (Å²) in [5, 5.41) is 10.0. The summed E-state index contributed by atoms with van der Waals surface area (Å²) in [6, 6.07) is 10.0. The molecule has 3 rings (SSSR count). The Kier molecular flexibility index (Phi) is 5.55. The minimum atomic E-state index is -0.695. The van der Waals surface area contributed by atoms with Gasteiger partial charge in [0.2, 0.25) is 11.8 Å². The molecule has 138 valence electrons. The van der Waals surface area contributed by atoms with Gasteiger partial charge in [-0.05, 0) is 38.8 Å². The standard InChI is InChI=1S/C19H24N4O3/c1-13-12-23(16-6-4-3-5-7-16)22-19(13)26-14(2)18(25)20-11-10-17(24)21-15-8-9-15/h3-7,12,14-15H,8-11H2,1-2H3,(H,20,25)(H,21,24)/t14-/m1/s1. The Labute approximate surface area is 152 Å². The highest BCUT2D eigenvalue weighted by Gasteiger charge is 2.23. The lowest BCUT2D eigenvalue weighted by Crippen LogP contribution is -2.38. The first-order valence-electron chi connectivity index (χ1n) is 8.88.